The van der Waals surface area contributed by atoms with E-state index in [0.717, 1.165) is 51.4 Å². The Kier molecular flexibility index (Phi) is 8.47. The van der Waals surface area contributed by atoms with Crippen LogP contribution in [-0.2, 0) is 0 Å². The zero-order chi connectivity index (χ0) is 19.0. The van der Waals surface area contributed by atoms with Gasteiger partial charge in [0.1, 0.15) is 0 Å². The Bertz CT molecular complexity index is 433. The fourth-order valence-electron chi connectivity index (χ4n) is 3.81. The summed E-state index contributed by atoms with van der Waals surface area (Å²) in [4.78, 5) is 8.63. The topological polar surface area (TPSA) is 42.9 Å². The summed E-state index contributed by atoms with van der Waals surface area (Å²) in [5, 5.41) is 6.78. The third-order valence-corrected chi connectivity index (χ3v) is 5.09. The van der Waals surface area contributed by atoms with Gasteiger partial charge in [-0.15, -0.1) is 0 Å². The van der Waals surface area contributed by atoms with E-state index >= 15 is 0 Å². The number of rotatable bonds is 7. The van der Waals surface area contributed by atoms with Gasteiger partial charge in [-0.3, -0.25) is 9.89 Å². The predicted molar refractivity (Wildman–Crippen MR) is 99.5 cm³/mol. The zero-order valence-corrected chi connectivity index (χ0v) is 16.1. The van der Waals surface area contributed by atoms with Crippen molar-refractivity contribution in [2.24, 2.45) is 10.9 Å². The summed E-state index contributed by atoms with van der Waals surface area (Å²) >= 11 is 0. The molecule has 2 aliphatic heterocycles. The van der Waals surface area contributed by atoms with Crippen molar-refractivity contribution in [3.8, 4) is 0 Å². The number of piperidine rings is 1. The molecule has 0 saturated carbocycles. The van der Waals surface area contributed by atoms with Crippen LogP contribution < -0.4 is 10.6 Å². The lowest BCUT2D eigenvalue weighted by Gasteiger charge is -2.32. The molecule has 2 fully saturated rings. The minimum Gasteiger partial charge on any atom is -0.357 e. The van der Waals surface area contributed by atoms with Crippen molar-refractivity contribution in [3.63, 3.8) is 0 Å². The van der Waals surface area contributed by atoms with Gasteiger partial charge in [0, 0.05) is 38.8 Å². The molecule has 2 aliphatic rings. The summed E-state index contributed by atoms with van der Waals surface area (Å²) in [6.45, 7) is 9.18. The summed E-state index contributed by atoms with van der Waals surface area (Å²) in [5.74, 6) is 1.01. The third kappa shape index (κ3) is 7.70. The van der Waals surface area contributed by atoms with Gasteiger partial charge >= 0.3 is 6.18 Å². The lowest BCUT2D eigenvalue weighted by molar-refractivity contribution is -0.143. The molecule has 26 heavy (non-hydrogen) atoms. The Morgan fingerprint density at radius 3 is 2.38 bits per heavy atom. The van der Waals surface area contributed by atoms with Crippen LogP contribution in [0.2, 0.25) is 0 Å². The van der Waals surface area contributed by atoms with Gasteiger partial charge in [-0.1, -0.05) is 6.92 Å². The fraction of sp³-hybridized carbons (Fsp3) is 0.944. The highest BCUT2D eigenvalue weighted by molar-refractivity contribution is 5.80. The van der Waals surface area contributed by atoms with Crippen molar-refractivity contribution in [2.75, 3.05) is 52.4 Å². The van der Waals surface area contributed by atoms with E-state index in [1.54, 1.807) is 0 Å². The molecule has 1 atom stereocenters. The van der Waals surface area contributed by atoms with E-state index in [0.29, 0.717) is 25.7 Å². The van der Waals surface area contributed by atoms with E-state index in [2.05, 4.69) is 27.4 Å². The Labute approximate surface area is 155 Å². The van der Waals surface area contributed by atoms with E-state index in [-0.39, 0.29) is 5.92 Å². The minimum atomic E-state index is -4.11. The zero-order valence-electron chi connectivity index (χ0n) is 16.1. The maximum Gasteiger partial charge on any atom is 0.401 e. The van der Waals surface area contributed by atoms with E-state index in [4.69, 9.17) is 0 Å². The Balaban J connectivity index is 1.76. The molecule has 0 amide bonds. The van der Waals surface area contributed by atoms with Gasteiger partial charge < -0.3 is 15.5 Å². The molecule has 0 radical (unpaired) electrons. The lowest BCUT2D eigenvalue weighted by atomic mass is 10.1. The quantitative estimate of drug-likeness (QED) is 0.528. The van der Waals surface area contributed by atoms with Gasteiger partial charge in [0.2, 0.25) is 0 Å². The van der Waals surface area contributed by atoms with Gasteiger partial charge in [0.15, 0.2) is 5.96 Å². The van der Waals surface area contributed by atoms with Crippen molar-refractivity contribution < 1.29 is 13.2 Å². The van der Waals surface area contributed by atoms with Gasteiger partial charge in [0.25, 0.3) is 0 Å². The normalized spacial score (nSPS) is 24.2. The molecule has 1 unspecified atom stereocenters. The molecule has 2 N–H and O–H groups in total. The molecular weight excluding hydrogens is 343 g/mol. The molecule has 0 spiro atoms. The van der Waals surface area contributed by atoms with Crippen LogP contribution in [0.3, 0.4) is 0 Å². The summed E-state index contributed by atoms with van der Waals surface area (Å²) in [5.41, 5.74) is 0. The molecular formula is C18H34F3N5. The lowest BCUT2D eigenvalue weighted by Crippen LogP contribution is -2.48. The van der Waals surface area contributed by atoms with Crippen LogP contribution in [0.15, 0.2) is 4.99 Å². The Morgan fingerprint density at radius 1 is 1.08 bits per heavy atom. The number of nitrogens with zero attached hydrogens (tertiary/aromatic N) is 3. The Morgan fingerprint density at radius 2 is 1.77 bits per heavy atom. The maximum atomic E-state index is 12.5. The first kappa shape index (κ1) is 21.3. The molecule has 0 bridgehead atoms. The van der Waals surface area contributed by atoms with Crippen LogP contribution in [0.4, 0.5) is 13.2 Å². The number of hydrogen-bond acceptors (Lipinski definition) is 3. The molecule has 0 aromatic carbocycles. The monoisotopic (exact) mass is 377 g/mol. The van der Waals surface area contributed by atoms with Crippen LogP contribution in [0.5, 0.6) is 0 Å². The maximum absolute atomic E-state index is 12.5. The van der Waals surface area contributed by atoms with E-state index in [1.165, 1.54) is 11.3 Å². The molecule has 2 saturated heterocycles. The van der Waals surface area contributed by atoms with Crippen molar-refractivity contribution >= 4 is 5.96 Å². The number of alkyl halides is 3. The van der Waals surface area contributed by atoms with E-state index in [1.807, 2.05) is 6.92 Å². The van der Waals surface area contributed by atoms with Crippen LogP contribution in [0, 0.1) is 5.92 Å². The molecule has 152 valence electrons. The molecule has 2 rings (SSSR count). The van der Waals surface area contributed by atoms with Gasteiger partial charge in [-0.2, -0.15) is 13.2 Å². The van der Waals surface area contributed by atoms with Gasteiger partial charge in [-0.25, -0.2) is 0 Å². The van der Waals surface area contributed by atoms with Crippen molar-refractivity contribution in [3.05, 3.63) is 0 Å². The first-order valence-corrected chi connectivity index (χ1v) is 9.96. The fourth-order valence-corrected chi connectivity index (χ4v) is 3.81. The van der Waals surface area contributed by atoms with Crippen LogP contribution in [0.1, 0.15) is 39.5 Å². The molecule has 0 aliphatic carbocycles. The largest absolute Gasteiger partial charge is 0.401 e. The smallest absolute Gasteiger partial charge is 0.357 e. The van der Waals surface area contributed by atoms with Crippen LogP contribution >= 0.6 is 0 Å². The van der Waals surface area contributed by atoms with Crippen molar-refractivity contribution in [2.45, 2.75) is 51.7 Å². The average Bonchev–Trinajstić information content (AvgIpc) is 3.00. The number of nitrogens with one attached hydrogen (secondary N) is 2. The van der Waals surface area contributed by atoms with Crippen LogP contribution in [-0.4, -0.2) is 80.3 Å². The first-order valence-electron chi connectivity index (χ1n) is 9.96. The minimum absolute atomic E-state index is 0.208. The molecule has 5 nitrogen and oxygen atoms in total. The number of guanidine groups is 1. The summed E-state index contributed by atoms with van der Waals surface area (Å²) in [6, 6.07) is 0.422. The number of halogens is 3. The molecule has 0 aromatic rings. The van der Waals surface area contributed by atoms with Crippen LogP contribution in [0.25, 0.3) is 0 Å². The summed E-state index contributed by atoms with van der Waals surface area (Å²) < 4.78 is 37.5. The average molecular weight is 377 g/mol. The van der Waals surface area contributed by atoms with Gasteiger partial charge in [0.05, 0.1) is 6.54 Å². The first-order chi connectivity index (χ1) is 12.4. The number of aliphatic imine (C=N–C) groups is 1. The third-order valence-electron chi connectivity index (χ3n) is 5.09. The van der Waals surface area contributed by atoms with Crippen molar-refractivity contribution in [1.82, 2.24) is 20.4 Å². The second-order valence-electron chi connectivity index (χ2n) is 7.48. The standard InChI is InChI=1S/C18H34F3N5/c1-3-8-25-10-6-16(7-11-25)24-17(22-4-2)23-12-15-5-9-26(13-15)14-18(19,20)21/h15-16H,3-14H2,1-2H3,(H2,22,23,24). The highest BCUT2D eigenvalue weighted by Gasteiger charge is 2.34. The molecule has 0 aromatic heterocycles. The molecule has 8 heteroatoms. The molecule has 2 heterocycles. The summed E-state index contributed by atoms with van der Waals surface area (Å²) in [7, 11) is 0. The second-order valence-corrected chi connectivity index (χ2v) is 7.48. The second kappa shape index (κ2) is 10.3. The number of hydrogen-bond donors (Lipinski definition) is 2. The van der Waals surface area contributed by atoms with Gasteiger partial charge in [-0.05, 0) is 51.6 Å². The highest BCUT2D eigenvalue weighted by atomic mass is 19.4. The summed E-state index contributed by atoms with van der Waals surface area (Å²) in [6.07, 6.45) is 0.0744. The van der Waals surface area contributed by atoms with E-state index < -0.39 is 12.7 Å². The highest BCUT2D eigenvalue weighted by Crippen LogP contribution is 2.22. The van der Waals surface area contributed by atoms with Crippen molar-refractivity contribution in [1.29, 1.82) is 0 Å². The predicted octanol–water partition coefficient (Wildman–Crippen LogP) is 2.30. The van der Waals surface area contributed by atoms with E-state index in [9.17, 15) is 13.2 Å². The SMILES string of the molecule is CCCN1CCC(NC(=NCC2CCN(CC(F)(F)F)C2)NCC)CC1. The number of likely N-dealkylation sites (tertiary alicyclic amines) is 2. The Hall–Kier alpha value is -1.02.